The van der Waals surface area contributed by atoms with Crippen LogP contribution in [0.15, 0.2) is 36.7 Å². The van der Waals surface area contributed by atoms with Crippen molar-refractivity contribution in [1.29, 1.82) is 0 Å². The van der Waals surface area contributed by atoms with Gasteiger partial charge in [-0.3, -0.25) is 4.79 Å². The number of methoxy groups -OCH3 is 1. The number of rotatable bonds is 4. The molecule has 0 bridgehead atoms. The minimum absolute atomic E-state index is 0.160. The maximum absolute atomic E-state index is 12.0. The molecule has 0 saturated heterocycles. The van der Waals surface area contributed by atoms with Gasteiger partial charge in [0.25, 0.3) is 0 Å². The van der Waals surface area contributed by atoms with Gasteiger partial charge < -0.3 is 4.74 Å². The maximum Gasteiger partial charge on any atom is 0.204 e. The third-order valence-corrected chi connectivity index (χ3v) is 2.64. The van der Waals surface area contributed by atoms with Crippen LogP contribution >= 0.6 is 11.6 Å². The molecule has 0 amide bonds. The van der Waals surface area contributed by atoms with Crippen molar-refractivity contribution in [3.05, 3.63) is 53.1 Å². The van der Waals surface area contributed by atoms with E-state index < -0.39 is 0 Å². The summed E-state index contributed by atoms with van der Waals surface area (Å²) >= 11 is 5.91. The average Bonchev–Trinajstić information content (AvgIpc) is 2.40. The first kappa shape index (κ1) is 12.5. The highest BCUT2D eigenvalue weighted by molar-refractivity contribution is 6.30. The molecule has 0 saturated carbocycles. The largest absolute Gasteiger partial charge is 0.496 e. The van der Waals surface area contributed by atoms with Crippen LogP contribution in [0.5, 0.6) is 5.75 Å². The van der Waals surface area contributed by atoms with E-state index in [0.29, 0.717) is 10.8 Å². The van der Waals surface area contributed by atoms with Crippen LogP contribution in [0.2, 0.25) is 5.02 Å². The van der Waals surface area contributed by atoms with Gasteiger partial charge in [0.2, 0.25) is 5.78 Å². The van der Waals surface area contributed by atoms with Crippen molar-refractivity contribution in [2.75, 3.05) is 7.11 Å². The quantitative estimate of drug-likeness (QED) is 0.795. The second-order valence-corrected chi connectivity index (χ2v) is 4.06. The van der Waals surface area contributed by atoms with Crippen molar-refractivity contribution in [3.8, 4) is 5.75 Å². The second kappa shape index (κ2) is 5.60. The molecule has 0 N–H and O–H groups in total. The first-order valence-electron chi connectivity index (χ1n) is 5.33. The molecule has 2 aromatic rings. The fourth-order valence-corrected chi connectivity index (χ4v) is 1.78. The van der Waals surface area contributed by atoms with Gasteiger partial charge in [-0.15, -0.1) is 0 Å². The zero-order valence-electron chi connectivity index (χ0n) is 9.76. The lowest BCUT2D eigenvalue weighted by Gasteiger charge is -2.07. The molecule has 0 aliphatic carbocycles. The van der Waals surface area contributed by atoms with E-state index in [1.165, 1.54) is 12.4 Å². The summed E-state index contributed by atoms with van der Waals surface area (Å²) < 4.78 is 5.19. The Bertz CT molecular complexity index is 558. The molecule has 0 unspecified atom stereocenters. The summed E-state index contributed by atoms with van der Waals surface area (Å²) in [7, 11) is 1.55. The molecule has 18 heavy (non-hydrogen) atoms. The van der Waals surface area contributed by atoms with Crippen LogP contribution in [-0.2, 0) is 6.42 Å². The number of aromatic nitrogens is 2. The smallest absolute Gasteiger partial charge is 0.204 e. The Kier molecular flexibility index (Phi) is 3.89. The zero-order chi connectivity index (χ0) is 13.0. The normalized spacial score (nSPS) is 10.1. The standard InChI is InChI=1S/C13H11ClN2O2/c1-18-12-4-3-10(14)7-9(12)8-11(17)13-15-5-2-6-16-13/h2-7H,8H2,1H3. The molecule has 2 rings (SSSR count). The van der Waals surface area contributed by atoms with Gasteiger partial charge in [0.1, 0.15) is 5.75 Å². The van der Waals surface area contributed by atoms with Gasteiger partial charge in [-0.2, -0.15) is 0 Å². The number of benzene rings is 1. The van der Waals surface area contributed by atoms with E-state index in [2.05, 4.69) is 9.97 Å². The summed E-state index contributed by atoms with van der Waals surface area (Å²) in [4.78, 5) is 19.8. The first-order chi connectivity index (χ1) is 8.70. The van der Waals surface area contributed by atoms with E-state index in [-0.39, 0.29) is 18.0 Å². The van der Waals surface area contributed by atoms with E-state index in [1.807, 2.05) is 0 Å². The minimum Gasteiger partial charge on any atom is -0.496 e. The Morgan fingerprint density at radius 2 is 2.06 bits per heavy atom. The summed E-state index contributed by atoms with van der Waals surface area (Å²) in [6.07, 6.45) is 3.23. The second-order valence-electron chi connectivity index (χ2n) is 3.63. The number of halogens is 1. The van der Waals surface area contributed by atoms with Gasteiger partial charge in [-0.05, 0) is 24.3 Å². The molecule has 0 aliphatic heterocycles. The summed E-state index contributed by atoms with van der Waals surface area (Å²) in [5.74, 6) is 0.652. The molecule has 0 spiro atoms. The molecule has 1 aromatic heterocycles. The van der Waals surface area contributed by atoms with Crippen molar-refractivity contribution in [2.24, 2.45) is 0 Å². The molecular formula is C13H11ClN2O2. The van der Waals surface area contributed by atoms with Gasteiger partial charge in [-0.25, -0.2) is 9.97 Å². The maximum atomic E-state index is 12.0. The number of hydrogen-bond acceptors (Lipinski definition) is 4. The summed E-state index contributed by atoms with van der Waals surface area (Å²) in [6, 6.07) is 6.82. The first-order valence-corrected chi connectivity index (χ1v) is 5.71. The third-order valence-electron chi connectivity index (χ3n) is 2.41. The van der Waals surface area contributed by atoms with Crippen LogP contribution in [0, 0.1) is 0 Å². The molecule has 0 radical (unpaired) electrons. The van der Waals surface area contributed by atoms with Gasteiger partial charge in [0.05, 0.1) is 7.11 Å². The number of nitrogens with zero attached hydrogens (tertiary/aromatic N) is 2. The Morgan fingerprint density at radius 1 is 1.33 bits per heavy atom. The summed E-state index contributed by atoms with van der Waals surface area (Å²) in [6.45, 7) is 0. The Morgan fingerprint density at radius 3 is 2.72 bits per heavy atom. The van der Waals surface area contributed by atoms with Gasteiger partial charge in [0.15, 0.2) is 5.82 Å². The molecule has 5 heteroatoms. The van der Waals surface area contributed by atoms with Crippen LogP contribution < -0.4 is 4.74 Å². The number of ether oxygens (including phenoxy) is 1. The van der Waals surface area contributed by atoms with E-state index in [9.17, 15) is 4.79 Å². The van der Waals surface area contributed by atoms with Gasteiger partial charge >= 0.3 is 0 Å². The molecule has 0 aliphatic rings. The Labute approximate surface area is 110 Å². The summed E-state index contributed by atoms with van der Waals surface area (Å²) in [5, 5.41) is 0.563. The van der Waals surface area contributed by atoms with Crippen LogP contribution in [0.1, 0.15) is 16.2 Å². The van der Waals surface area contributed by atoms with Crippen molar-refractivity contribution < 1.29 is 9.53 Å². The van der Waals surface area contributed by atoms with Crippen LogP contribution in [0.25, 0.3) is 0 Å². The lowest BCUT2D eigenvalue weighted by atomic mass is 10.1. The lowest BCUT2D eigenvalue weighted by Crippen LogP contribution is -2.08. The topological polar surface area (TPSA) is 52.1 Å². The molecule has 92 valence electrons. The fourth-order valence-electron chi connectivity index (χ4n) is 1.58. The molecule has 1 aromatic carbocycles. The van der Waals surface area contributed by atoms with Crippen LogP contribution in [-0.4, -0.2) is 22.9 Å². The molecule has 0 fully saturated rings. The number of ketones is 1. The summed E-state index contributed by atoms with van der Waals surface area (Å²) in [5.41, 5.74) is 0.724. The number of Topliss-reactive ketones (excluding diaryl/α,β-unsaturated/α-hetero) is 1. The van der Waals surface area contributed by atoms with Crippen molar-refractivity contribution in [2.45, 2.75) is 6.42 Å². The number of carbonyl (C=O) groups is 1. The lowest BCUT2D eigenvalue weighted by molar-refractivity contribution is 0.0982. The van der Waals surface area contributed by atoms with Crippen molar-refractivity contribution >= 4 is 17.4 Å². The van der Waals surface area contributed by atoms with E-state index in [4.69, 9.17) is 16.3 Å². The van der Waals surface area contributed by atoms with Crippen LogP contribution in [0.4, 0.5) is 0 Å². The van der Waals surface area contributed by atoms with Crippen molar-refractivity contribution in [3.63, 3.8) is 0 Å². The number of hydrogen-bond donors (Lipinski definition) is 0. The highest BCUT2D eigenvalue weighted by atomic mass is 35.5. The average molecular weight is 263 g/mol. The Hall–Kier alpha value is -1.94. The SMILES string of the molecule is COc1ccc(Cl)cc1CC(=O)c1ncccn1. The van der Waals surface area contributed by atoms with E-state index in [0.717, 1.165) is 5.56 Å². The molecule has 1 heterocycles. The third kappa shape index (κ3) is 2.84. The van der Waals surface area contributed by atoms with E-state index in [1.54, 1.807) is 31.4 Å². The highest BCUT2D eigenvalue weighted by Crippen LogP contribution is 2.23. The number of carbonyl (C=O) groups excluding carboxylic acids is 1. The predicted octanol–water partition coefficient (Wildman–Crippen LogP) is 2.56. The van der Waals surface area contributed by atoms with Crippen molar-refractivity contribution in [1.82, 2.24) is 9.97 Å². The minimum atomic E-state index is -0.170. The monoisotopic (exact) mass is 262 g/mol. The Balaban J connectivity index is 2.24. The van der Waals surface area contributed by atoms with E-state index >= 15 is 0 Å². The van der Waals surface area contributed by atoms with Gasteiger partial charge in [-0.1, -0.05) is 11.6 Å². The fraction of sp³-hybridized carbons (Fsp3) is 0.154. The molecule has 4 nitrogen and oxygen atoms in total. The molecule has 0 atom stereocenters. The highest BCUT2D eigenvalue weighted by Gasteiger charge is 2.13. The molecular weight excluding hydrogens is 252 g/mol. The zero-order valence-corrected chi connectivity index (χ0v) is 10.5. The predicted molar refractivity (Wildman–Crippen MR) is 68.1 cm³/mol. The van der Waals surface area contributed by atoms with Crippen LogP contribution in [0.3, 0.4) is 0 Å². The van der Waals surface area contributed by atoms with Gasteiger partial charge in [0, 0.05) is 29.4 Å².